The van der Waals surface area contributed by atoms with Crippen molar-refractivity contribution in [2.75, 3.05) is 23.3 Å². The molecule has 2 unspecified atom stereocenters. The van der Waals surface area contributed by atoms with Gasteiger partial charge in [0.05, 0.1) is 5.69 Å². The van der Waals surface area contributed by atoms with Crippen LogP contribution in [0.4, 0.5) is 17.6 Å². The highest BCUT2D eigenvalue weighted by Crippen LogP contribution is 2.25. The van der Waals surface area contributed by atoms with Crippen molar-refractivity contribution < 1.29 is 9.90 Å². The van der Waals surface area contributed by atoms with E-state index in [1.807, 2.05) is 12.1 Å². The smallest absolute Gasteiger partial charge is 0.352 e. The minimum absolute atomic E-state index is 0.111. The molecular formula is C23H30N8O2. The van der Waals surface area contributed by atoms with Crippen molar-refractivity contribution in [3.05, 3.63) is 29.6 Å². The third kappa shape index (κ3) is 4.75. The van der Waals surface area contributed by atoms with Crippen LogP contribution in [0.15, 0.2) is 18.2 Å². The highest BCUT2D eigenvalue weighted by molar-refractivity contribution is 5.93. The van der Waals surface area contributed by atoms with Crippen LogP contribution in [0.5, 0.6) is 0 Å². The number of aromatic nitrogens is 5. The summed E-state index contributed by atoms with van der Waals surface area (Å²) in [5.41, 5.74) is 1.46. The first kappa shape index (κ1) is 21.6. The monoisotopic (exact) mass is 450 g/mol. The molecule has 0 aromatic carbocycles. The van der Waals surface area contributed by atoms with Crippen molar-refractivity contribution in [3.8, 4) is 0 Å². The Balaban J connectivity index is 1.34. The molecule has 5 rings (SSSR count). The number of piperazine rings is 1. The molecule has 2 fully saturated rings. The summed E-state index contributed by atoms with van der Waals surface area (Å²) in [6, 6.07) is 6.55. The average molecular weight is 451 g/mol. The normalized spacial score (nSPS) is 19.8. The standard InChI is InChI=1S/C23H30N8O2/c1-2-3-4-5-6-17-16-11-18(22(32)33)25-21(16)28-23(26-17)27-19-9-10-20(30-29-19)31-12-14-7-8-15(13-31)24-14/h9-11,14-15,24H,2-8,12-13H2,1H3,(H,32,33)(H2,25,26,27,28,29). The summed E-state index contributed by atoms with van der Waals surface area (Å²) in [6.07, 6.45) is 7.64. The van der Waals surface area contributed by atoms with Gasteiger partial charge in [0.25, 0.3) is 0 Å². The maximum absolute atomic E-state index is 11.4. The molecule has 33 heavy (non-hydrogen) atoms. The topological polar surface area (TPSA) is 132 Å². The quantitative estimate of drug-likeness (QED) is 0.363. The first-order chi connectivity index (χ1) is 16.1. The second-order valence-electron chi connectivity index (χ2n) is 9.00. The molecule has 0 saturated carbocycles. The van der Waals surface area contributed by atoms with Gasteiger partial charge in [-0.15, -0.1) is 10.2 Å². The second-order valence-corrected chi connectivity index (χ2v) is 9.00. The summed E-state index contributed by atoms with van der Waals surface area (Å²) < 4.78 is 0. The number of fused-ring (bicyclic) bond motifs is 3. The van der Waals surface area contributed by atoms with Crippen LogP contribution in [-0.4, -0.2) is 61.4 Å². The van der Waals surface area contributed by atoms with E-state index < -0.39 is 5.97 Å². The number of nitrogens with one attached hydrogen (secondary N) is 3. The number of carboxylic acids is 1. The molecular weight excluding hydrogens is 420 g/mol. The predicted octanol–water partition coefficient (Wildman–Crippen LogP) is 3.25. The van der Waals surface area contributed by atoms with Gasteiger partial charge in [-0.05, 0) is 43.9 Å². The molecule has 174 valence electrons. The minimum Gasteiger partial charge on any atom is -0.477 e. The Hall–Kier alpha value is -3.27. The molecule has 2 aliphatic heterocycles. The number of hydrogen-bond donors (Lipinski definition) is 4. The zero-order valence-corrected chi connectivity index (χ0v) is 18.8. The number of carboxylic acid groups (broad SMARTS) is 1. The molecule has 3 aromatic heterocycles. The molecule has 0 radical (unpaired) electrons. The zero-order chi connectivity index (χ0) is 22.8. The average Bonchev–Trinajstić information content (AvgIpc) is 3.40. The molecule has 2 aliphatic rings. The number of hydrogen-bond acceptors (Lipinski definition) is 8. The lowest BCUT2D eigenvalue weighted by molar-refractivity contribution is 0.0691. The Kier molecular flexibility index (Phi) is 6.08. The number of aryl methyl sites for hydroxylation is 1. The van der Waals surface area contributed by atoms with Gasteiger partial charge in [0.1, 0.15) is 11.3 Å². The molecule has 0 aliphatic carbocycles. The number of aromatic amines is 1. The lowest BCUT2D eigenvalue weighted by Gasteiger charge is -2.33. The summed E-state index contributed by atoms with van der Waals surface area (Å²) in [5, 5.41) is 25.7. The van der Waals surface area contributed by atoms with Crippen LogP contribution in [0.25, 0.3) is 11.0 Å². The molecule has 10 nitrogen and oxygen atoms in total. The number of aromatic carboxylic acids is 1. The number of rotatable bonds is 9. The first-order valence-electron chi connectivity index (χ1n) is 11.8. The van der Waals surface area contributed by atoms with Gasteiger partial charge in [-0.3, -0.25) is 0 Å². The molecule has 2 saturated heterocycles. The largest absolute Gasteiger partial charge is 0.477 e. The van der Waals surface area contributed by atoms with E-state index in [0.29, 0.717) is 29.5 Å². The summed E-state index contributed by atoms with van der Waals surface area (Å²) in [7, 11) is 0. The van der Waals surface area contributed by atoms with Crippen LogP contribution in [0.2, 0.25) is 0 Å². The summed E-state index contributed by atoms with van der Waals surface area (Å²) in [5.74, 6) is 0.803. The highest BCUT2D eigenvalue weighted by Gasteiger charge is 2.32. The molecule has 10 heteroatoms. The predicted molar refractivity (Wildman–Crippen MR) is 126 cm³/mol. The van der Waals surface area contributed by atoms with Gasteiger partial charge in [0, 0.05) is 30.6 Å². The number of carbonyl (C=O) groups is 1. The Morgan fingerprint density at radius 3 is 2.67 bits per heavy atom. The first-order valence-corrected chi connectivity index (χ1v) is 11.8. The SMILES string of the molecule is CCCCCCc1nc(Nc2ccc(N3CC4CCC(C3)N4)nn2)nc2[nH]c(C(=O)O)cc12. The zero-order valence-electron chi connectivity index (χ0n) is 18.8. The van der Waals surface area contributed by atoms with Gasteiger partial charge in [-0.25, -0.2) is 9.78 Å². The van der Waals surface area contributed by atoms with Gasteiger partial charge in [0.2, 0.25) is 5.95 Å². The number of unbranched alkanes of at least 4 members (excludes halogenated alkanes) is 3. The van der Waals surface area contributed by atoms with Crippen molar-refractivity contribution in [2.24, 2.45) is 0 Å². The van der Waals surface area contributed by atoms with Crippen LogP contribution in [0.1, 0.15) is 61.6 Å². The van der Waals surface area contributed by atoms with Gasteiger partial charge >= 0.3 is 5.97 Å². The molecule has 5 heterocycles. The van der Waals surface area contributed by atoms with Crippen LogP contribution < -0.4 is 15.5 Å². The number of H-pyrrole nitrogens is 1. The Morgan fingerprint density at radius 2 is 1.97 bits per heavy atom. The van der Waals surface area contributed by atoms with Crippen molar-refractivity contribution in [3.63, 3.8) is 0 Å². The van der Waals surface area contributed by atoms with Crippen molar-refractivity contribution in [1.82, 2.24) is 30.5 Å². The van der Waals surface area contributed by atoms with E-state index in [9.17, 15) is 9.90 Å². The van der Waals surface area contributed by atoms with Crippen molar-refractivity contribution in [1.29, 1.82) is 0 Å². The van der Waals surface area contributed by atoms with Crippen LogP contribution in [-0.2, 0) is 6.42 Å². The van der Waals surface area contributed by atoms with Gasteiger partial charge in [-0.2, -0.15) is 4.98 Å². The summed E-state index contributed by atoms with van der Waals surface area (Å²) >= 11 is 0. The van der Waals surface area contributed by atoms with Gasteiger partial charge < -0.3 is 25.6 Å². The summed E-state index contributed by atoms with van der Waals surface area (Å²) in [6.45, 7) is 4.09. The molecule has 0 spiro atoms. The fourth-order valence-electron chi connectivity index (χ4n) is 4.81. The molecule has 4 N–H and O–H groups in total. The fraction of sp³-hybridized carbons (Fsp3) is 0.522. The van der Waals surface area contributed by atoms with E-state index in [0.717, 1.165) is 55.7 Å². The van der Waals surface area contributed by atoms with Gasteiger partial charge in [-0.1, -0.05) is 26.2 Å². The Bertz CT molecular complexity index is 1120. The van der Waals surface area contributed by atoms with E-state index in [4.69, 9.17) is 0 Å². The third-order valence-corrected chi connectivity index (χ3v) is 6.49. The Morgan fingerprint density at radius 1 is 1.15 bits per heavy atom. The van der Waals surface area contributed by atoms with Crippen LogP contribution in [0, 0.1) is 0 Å². The van der Waals surface area contributed by atoms with Crippen molar-refractivity contribution in [2.45, 2.75) is 64.0 Å². The molecule has 2 atom stereocenters. The van der Waals surface area contributed by atoms with Crippen molar-refractivity contribution >= 4 is 34.6 Å². The maximum atomic E-state index is 11.4. The number of nitrogens with zero attached hydrogens (tertiary/aromatic N) is 5. The van der Waals surface area contributed by atoms with E-state index >= 15 is 0 Å². The van der Waals surface area contributed by atoms with E-state index in [1.54, 1.807) is 6.07 Å². The summed E-state index contributed by atoms with van der Waals surface area (Å²) in [4.78, 5) is 25.8. The maximum Gasteiger partial charge on any atom is 0.352 e. The van der Waals surface area contributed by atoms with Gasteiger partial charge in [0.15, 0.2) is 11.6 Å². The Labute approximate surface area is 192 Å². The second kappa shape index (κ2) is 9.30. The lowest BCUT2D eigenvalue weighted by atomic mass is 10.1. The third-order valence-electron chi connectivity index (χ3n) is 6.49. The lowest BCUT2D eigenvalue weighted by Crippen LogP contribution is -2.51. The molecule has 3 aromatic rings. The van der Waals surface area contributed by atoms with Crippen LogP contribution in [0.3, 0.4) is 0 Å². The van der Waals surface area contributed by atoms with E-state index in [1.165, 1.54) is 19.3 Å². The van der Waals surface area contributed by atoms with E-state index in [-0.39, 0.29) is 5.69 Å². The van der Waals surface area contributed by atoms with E-state index in [2.05, 4.69) is 47.6 Å². The van der Waals surface area contributed by atoms with Crippen LogP contribution >= 0.6 is 0 Å². The number of anilines is 3. The molecule has 2 bridgehead atoms. The highest BCUT2D eigenvalue weighted by atomic mass is 16.4. The molecule has 0 amide bonds. The fourth-order valence-corrected chi connectivity index (χ4v) is 4.81. The minimum atomic E-state index is -1.01.